The Balaban J connectivity index is 2.52. The summed E-state index contributed by atoms with van der Waals surface area (Å²) in [4.78, 5) is 25.8. The molecule has 0 saturated heterocycles. The number of hydrazine groups is 1. The van der Waals surface area contributed by atoms with E-state index in [0.29, 0.717) is 0 Å². The molecule has 0 aromatic carbocycles. The zero-order chi connectivity index (χ0) is 14.7. The van der Waals surface area contributed by atoms with Gasteiger partial charge in [-0.05, 0) is 12.1 Å². The highest BCUT2D eigenvalue weighted by atomic mass is 16.6. The molecule has 10 nitrogen and oxygen atoms in total. The van der Waals surface area contributed by atoms with Gasteiger partial charge in [-0.1, -0.05) is 0 Å². The normalized spacial score (nSPS) is 10.1. The van der Waals surface area contributed by atoms with Gasteiger partial charge in [0.2, 0.25) is 5.82 Å². The number of rotatable bonds is 4. The van der Waals surface area contributed by atoms with Crippen LogP contribution in [0.15, 0.2) is 24.4 Å². The van der Waals surface area contributed by atoms with E-state index in [9.17, 15) is 14.9 Å². The monoisotopic (exact) mass is 277 g/mol. The third-order valence-electron chi connectivity index (χ3n) is 2.46. The van der Waals surface area contributed by atoms with E-state index < -0.39 is 10.8 Å². The molecule has 0 saturated carbocycles. The second-order valence-electron chi connectivity index (χ2n) is 3.67. The highest BCUT2D eigenvalue weighted by Gasteiger charge is 2.19. The van der Waals surface area contributed by atoms with Crippen molar-refractivity contribution in [3.63, 3.8) is 0 Å². The number of hydrogen-bond donors (Lipinski definition) is 3. The van der Waals surface area contributed by atoms with Crippen molar-refractivity contribution in [2.45, 2.75) is 0 Å². The number of nitrogens with one attached hydrogen (secondary N) is 2. The third-order valence-corrected chi connectivity index (χ3v) is 2.46. The smallest absolute Gasteiger partial charge is 0.313 e. The first-order chi connectivity index (χ1) is 9.56. The average Bonchev–Trinajstić information content (AvgIpc) is 2.95. The summed E-state index contributed by atoms with van der Waals surface area (Å²) in [7, 11) is 1.46. The maximum atomic E-state index is 11.4. The highest BCUT2D eigenvalue weighted by Crippen LogP contribution is 2.22. The maximum Gasteiger partial charge on any atom is 0.313 e. The minimum Gasteiger partial charge on any atom is -0.354 e. The number of carbonyl (C=O) groups is 1. The number of anilines is 1. The molecular formula is C10H11N7O3. The molecule has 2 aromatic heterocycles. The largest absolute Gasteiger partial charge is 0.354 e. The number of carbonyl (C=O) groups excluding carboxylic acids is 1. The molecule has 10 heteroatoms. The summed E-state index contributed by atoms with van der Waals surface area (Å²) in [5, 5.41) is 17.3. The van der Waals surface area contributed by atoms with E-state index >= 15 is 0 Å². The van der Waals surface area contributed by atoms with Gasteiger partial charge in [0.25, 0.3) is 5.91 Å². The van der Waals surface area contributed by atoms with Gasteiger partial charge < -0.3 is 10.7 Å². The Morgan fingerprint density at radius 2 is 2.20 bits per heavy atom. The Labute approximate surface area is 112 Å². The van der Waals surface area contributed by atoms with Crippen molar-refractivity contribution in [1.29, 1.82) is 0 Å². The minimum atomic E-state index is -0.593. The zero-order valence-corrected chi connectivity index (χ0v) is 10.4. The number of aromatic nitrogens is 3. The van der Waals surface area contributed by atoms with Gasteiger partial charge in [-0.25, -0.2) is 15.5 Å². The van der Waals surface area contributed by atoms with Crippen molar-refractivity contribution in [1.82, 2.24) is 20.1 Å². The Morgan fingerprint density at radius 1 is 1.45 bits per heavy atom. The van der Waals surface area contributed by atoms with Crippen LogP contribution >= 0.6 is 0 Å². The molecule has 0 spiro atoms. The number of nitrogens with two attached hydrogens (primary N) is 1. The predicted molar refractivity (Wildman–Crippen MR) is 69.2 cm³/mol. The fourth-order valence-corrected chi connectivity index (χ4v) is 1.52. The Bertz CT molecular complexity index is 667. The average molecular weight is 277 g/mol. The summed E-state index contributed by atoms with van der Waals surface area (Å²) in [6.45, 7) is 0. The van der Waals surface area contributed by atoms with Crippen LogP contribution in [0.4, 0.5) is 11.5 Å². The first kappa shape index (κ1) is 13.4. The number of hydrogen-bond acceptors (Lipinski definition) is 7. The van der Waals surface area contributed by atoms with Gasteiger partial charge in [-0.3, -0.25) is 14.9 Å². The fourth-order valence-electron chi connectivity index (χ4n) is 1.52. The van der Waals surface area contributed by atoms with Gasteiger partial charge in [0, 0.05) is 19.3 Å². The van der Waals surface area contributed by atoms with E-state index in [1.54, 1.807) is 0 Å². The molecule has 0 aliphatic heterocycles. The SMILES string of the molecule is CNC(=O)c1ccn(-c2nc(NN)ccc2[N+](=O)[O-])n1. The van der Waals surface area contributed by atoms with E-state index in [2.05, 4.69) is 20.8 Å². The molecule has 1 amide bonds. The standard InChI is InChI=1S/C10H11N7O3/c1-12-10(18)6-4-5-16(15-6)9-7(17(19)20)2-3-8(13-9)14-11/h2-5H,11H2,1H3,(H,12,18)(H,13,14). The topological polar surface area (TPSA) is 141 Å². The lowest BCUT2D eigenvalue weighted by atomic mass is 10.4. The lowest BCUT2D eigenvalue weighted by molar-refractivity contribution is -0.384. The van der Waals surface area contributed by atoms with E-state index in [1.807, 2.05) is 0 Å². The molecule has 0 atom stereocenters. The fraction of sp³-hybridized carbons (Fsp3) is 0.100. The Kier molecular flexibility index (Phi) is 3.57. The van der Waals surface area contributed by atoms with E-state index in [0.717, 1.165) is 4.68 Å². The second-order valence-corrected chi connectivity index (χ2v) is 3.67. The van der Waals surface area contributed by atoms with Gasteiger partial charge >= 0.3 is 5.69 Å². The van der Waals surface area contributed by atoms with Crippen molar-refractivity contribution >= 4 is 17.4 Å². The minimum absolute atomic E-state index is 0.0411. The summed E-state index contributed by atoms with van der Waals surface area (Å²) in [6.07, 6.45) is 1.40. The molecule has 20 heavy (non-hydrogen) atoms. The number of pyridine rings is 1. The highest BCUT2D eigenvalue weighted by molar-refractivity contribution is 5.91. The first-order valence-electron chi connectivity index (χ1n) is 5.47. The van der Waals surface area contributed by atoms with Gasteiger partial charge in [-0.15, -0.1) is 0 Å². The summed E-state index contributed by atoms with van der Waals surface area (Å²) >= 11 is 0. The van der Waals surface area contributed by atoms with Crippen LogP contribution in [0.5, 0.6) is 0 Å². The van der Waals surface area contributed by atoms with E-state index in [-0.39, 0.29) is 23.0 Å². The van der Waals surface area contributed by atoms with Crippen LogP contribution in [0.1, 0.15) is 10.5 Å². The van der Waals surface area contributed by atoms with Crippen molar-refractivity contribution in [2.75, 3.05) is 12.5 Å². The maximum absolute atomic E-state index is 11.4. The van der Waals surface area contributed by atoms with Crippen LogP contribution in [0.2, 0.25) is 0 Å². The van der Waals surface area contributed by atoms with Gasteiger partial charge in [-0.2, -0.15) is 5.10 Å². The van der Waals surface area contributed by atoms with E-state index in [1.165, 1.54) is 31.4 Å². The predicted octanol–water partition coefficient (Wildman–Crippen LogP) is -0.179. The molecular weight excluding hydrogens is 266 g/mol. The molecule has 4 N–H and O–H groups in total. The molecule has 0 radical (unpaired) electrons. The van der Waals surface area contributed by atoms with Crippen LogP contribution in [-0.4, -0.2) is 32.6 Å². The molecule has 104 valence electrons. The summed E-state index contributed by atoms with van der Waals surface area (Å²) in [5.74, 6) is 5.02. The molecule has 2 aromatic rings. The van der Waals surface area contributed by atoms with Crippen molar-refractivity contribution in [3.05, 3.63) is 40.2 Å². The number of nitrogens with zero attached hydrogens (tertiary/aromatic N) is 4. The summed E-state index contributed by atoms with van der Waals surface area (Å²) < 4.78 is 1.14. The Morgan fingerprint density at radius 3 is 2.80 bits per heavy atom. The Hall–Kier alpha value is -3.01. The molecule has 0 bridgehead atoms. The lowest BCUT2D eigenvalue weighted by Gasteiger charge is -2.04. The van der Waals surface area contributed by atoms with E-state index in [4.69, 9.17) is 5.84 Å². The van der Waals surface area contributed by atoms with Gasteiger partial charge in [0.15, 0.2) is 5.69 Å². The van der Waals surface area contributed by atoms with Crippen molar-refractivity contribution in [2.24, 2.45) is 5.84 Å². The van der Waals surface area contributed by atoms with Crippen LogP contribution in [0.3, 0.4) is 0 Å². The zero-order valence-electron chi connectivity index (χ0n) is 10.4. The van der Waals surface area contributed by atoms with Gasteiger partial charge in [0.05, 0.1) is 4.92 Å². The molecule has 0 aliphatic rings. The number of nitro groups is 1. The van der Waals surface area contributed by atoms with Crippen molar-refractivity contribution < 1.29 is 9.72 Å². The molecule has 0 unspecified atom stereocenters. The molecule has 0 aliphatic carbocycles. The summed E-state index contributed by atoms with van der Waals surface area (Å²) in [6, 6.07) is 4.04. The van der Waals surface area contributed by atoms with Crippen LogP contribution in [0, 0.1) is 10.1 Å². The number of amides is 1. The quantitative estimate of drug-likeness (QED) is 0.400. The van der Waals surface area contributed by atoms with Crippen LogP contribution < -0.4 is 16.6 Å². The first-order valence-corrected chi connectivity index (χ1v) is 5.47. The second kappa shape index (κ2) is 5.32. The molecule has 2 heterocycles. The summed E-state index contributed by atoms with van der Waals surface area (Å²) in [5.41, 5.74) is 2.16. The third kappa shape index (κ3) is 2.40. The van der Waals surface area contributed by atoms with Gasteiger partial charge in [0.1, 0.15) is 5.82 Å². The molecule has 2 rings (SSSR count). The lowest BCUT2D eigenvalue weighted by Crippen LogP contribution is -2.19. The van der Waals surface area contributed by atoms with Crippen LogP contribution in [-0.2, 0) is 0 Å². The number of nitrogen functional groups attached to an aromatic ring is 1. The van der Waals surface area contributed by atoms with Crippen LogP contribution in [0.25, 0.3) is 5.82 Å². The molecule has 0 fully saturated rings. The van der Waals surface area contributed by atoms with Crippen molar-refractivity contribution in [3.8, 4) is 5.82 Å².